The molecule has 1 aliphatic rings. The van der Waals surface area contributed by atoms with Crippen LogP contribution in [0.2, 0.25) is 0 Å². The summed E-state index contributed by atoms with van der Waals surface area (Å²) < 4.78 is 0. The number of amides is 2. The van der Waals surface area contributed by atoms with E-state index in [1.54, 1.807) is 12.1 Å². The molecule has 100 valence electrons. The largest absolute Gasteiger partial charge is 0.368 e. The topological polar surface area (TPSA) is 84.5 Å². The van der Waals surface area contributed by atoms with Crippen LogP contribution in [0.5, 0.6) is 0 Å². The number of benzene rings is 1. The molecule has 0 atom stereocenters. The second kappa shape index (κ2) is 6.38. The molecule has 3 N–H and O–H groups in total. The van der Waals surface area contributed by atoms with Crippen LogP contribution in [0.25, 0.3) is 0 Å². The van der Waals surface area contributed by atoms with Crippen molar-refractivity contribution in [1.82, 2.24) is 5.32 Å². The highest BCUT2D eigenvalue weighted by Crippen LogP contribution is 2.27. The van der Waals surface area contributed by atoms with Crippen LogP contribution in [0.3, 0.4) is 0 Å². The summed E-state index contributed by atoms with van der Waals surface area (Å²) in [6.07, 6.45) is 2.03. The Labute approximate surface area is 115 Å². The molecule has 0 unspecified atom stereocenters. The van der Waals surface area contributed by atoms with E-state index in [2.05, 4.69) is 10.3 Å². The zero-order valence-electron chi connectivity index (χ0n) is 10.4. The lowest BCUT2D eigenvalue weighted by Gasteiger charge is -2.08. The smallest absolute Gasteiger partial charge is 0.252 e. The van der Waals surface area contributed by atoms with Crippen LogP contribution < -0.4 is 11.1 Å². The Balaban J connectivity index is 2.11. The number of primary amides is 1. The number of rotatable bonds is 4. The van der Waals surface area contributed by atoms with Gasteiger partial charge in [0.2, 0.25) is 5.91 Å². The maximum absolute atomic E-state index is 12.0. The minimum Gasteiger partial charge on any atom is -0.368 e. The molecule has 2 rings (SSSR count). The molecule has 0 aromatic heterocycles. The van der Waals surface area contributed by atoms with Crippen LogP contribution in [0.4, 0.5) is 0 Å². The van der Waals surface area contributed by atoms with E-state index in [0.29, 0.717) is 5.56 Å². The number of hydrogen-bond donors (Lipinski definition) is 2. The van der Waals surface area contributed by atoms with E-state index in [0.717, 1.165) is 29.3 Å². The molecular formula is C13H15N3O2S. The second-order valence-electron chi connectivity index (χ2n) is 4.13. The lowest BCUT2D eigenvalue weighted by molar-refractivity contribution is -0.117. The highest BCUT2D eigenvalue weighted by molar-refractivity contribution is 8.14. The van der Waals surface area contributed by atoms with Crippen molar-refractivity contribution in [3.63, 3.8) is 0 Å². The Bertz CT molecular complexity index is 528. The van der Waals surface area contributed by atoms with Crippen LogP contribution in [0.1, 0.15) is 23.2 Å². The standard InChI is InChI=1S/C13H15N3O2S/c14-11(17)8-16-13(18)9-4-1-2-5-10(9)19-12-6-3-7-15-12/h1-2,4-5H,3,6-8H2,(H2,14,17)(H,16,18). The maximum atomic E-state index is 12.0. The molecule has 5 nitrogen and oxygen atoms in total. The van der Waals surface area contributed by atoms with Gasteiger partial charge < -0.3 is 11.1 Å². The first-order valence-corrected chi connectivity index (χ1v) is 6.85. The van der Waals surface area contributed by atoms with Crippen LogP contribution in [-0.2, 0) is 4.79 Å². The number of hydrogen-bond acceptors (Lipinski definition) is 4. The Morgan fingerprint density at radius 2 is 2.16 bits per heavy atom. The highest BCUT2D eigenvalue weighted by Gasteiger charge is 2.15. The van der Waals surface area contributed by atoms with E-state index >= 15 is 0 Å². The van der Waals surface area contributed by atoms with Crippen LogP contribution >= 0.6 is 11.8 Å². The highest BCUT2D eigenvalue weighted by atomic mass is 32.2. The van der Waals surface area contributed by atoms with Gasteiger partial charge in [-0.05, 0) is 25.0 Å². The van der Waals surface area contributed by atoms with Crippen molar-refractivity contribution in [2.45, 2.75) is 17.7 Å². The van der Waals surface area contributed by atoms with E-state index in [9.17, 15) is 9.59 Å². The molecule has 2 amide bonds. The summed E-state index contributed by atoms with van der Waals surface area (Å²) in [4.78, 5) is 27.9. The zero-order chi connectivity index (χ0) is 13.7. The Hall–Kier alpha value is -1.82. The lowest BCUT2D eigenvalue weighted by Crippen LogP contribution is -2.33. The molecule has 0 saturated carbocycles. The first kappa shape index (κ1) is 13.6. The van der Waals surface area contributed by atoms with Crippen LogP contribution in [0, 0.1) is 0 Å². The second-order valence-corrected chi connectivity index (χ2v) is 5.24. The molecule has 0 fully saturated rings. The van der Waals surface area contributed by atoms with Gasteiger partial charge in [0.05, 0.1) is 17.2 Å². The fraction of sp³-hybridized carbons (Fsp3) is 0.308. The van der Waals surface area contributed by atoms with E-state index < -0.39 is 5.91 Å². The molecular weight excluding hydrogens is 262 g/mol. The van der Waals surface area contributed by atoms with Gasteiger partial charge in [0.15, 0.2) is 0 Å². The average Bonchev–Trinajstić information content (AvgIpc) is 2.89. The zero-order valence-corrected chi connectivity index (χ0v) is 11.2. The number of nitrogens with two attached hydrogens (primary N) is 1. The van der Waals surface area contributed by atoms with Gasteiger partial charge in [-0.2, -0.15) is 0 Å². The third-order valence-electron chi connectivity index (χ3n) is 2.62. The quantitative estimate of drug-likeness (QED) is 0.867. The number of nitrogens with zero attached hydrogens (tertiary/aromatic N) is 1. The van der Waals surface area contributed by atoms with Crippen LogP contribution in [0.15, 0.2) is 34.2 Å². The fourth-order valence-corrected chi connectivity index (χ4v) is 2.80. The summed E-state index contributed by atoms with van der Waals surface area (Å²) in [7, 11) is 0. The third kappa shape index (κ3) is 3.82. The first-order valence-electron chi connectivity index (χ1n) is 6.03. The van der Waals surface area contributed by atoms with Crippen molar-refractivity contribution in [2.24, 2.45) is 10.7 Å². The monoisotopic (exact) mass is 277 g/mol. The van der Waals surface area contributed by atoms with Crippen molar-refractivity contribution in [3.05, 3.63) is 29.8 Å². The minimum absolute atomic E-state index is 0.154. The molecule has 0 spiro atoms. The Kier molecular flexibility index (Phi) is 4.57. The predicted molar refractivity (Wildman–Crippen MR) is 75.4 cm³/mol. The van der Waals surface area contributed by atoms with Gasteiger partial charge in [-0.15, -0.1) is 0 Å². The van der Waals surface area contributed by atoms with Gasteiger partial charge in [0, 0.05) is 11.4 Å². The van der Waals surface area contributed by atoms with Gasteiger partial charge >= 0.3 is 0 Å². The summed E-state index contributed by atoms with van der Waals surface area (Å²) in [6.45, 7) is 0.706. The van der Waals surface area contributed by atoms with Crippen molar-refractivity contribution >= 4 is 28.6 Å². The van der Waals surface area contributed by atoms with Crippen molar-refractivity contribution < 1.29 is 9.59 Å². The first-order chi connectivity index (χ1) is 9.16. The van der Waals surface area contributed by atoms with E-state index in [1.807, 2.05) is 12.1 Å². The van der Waals surface area contributed by atoms with Gasteiger partial charge in [-0.3, -0.25) is 14.6 Å². The summed E-state index contributed by atoms with van der Waals surface area (Å²) in [6, 6.07) is 7.28. The third-order valence-corrected chi connectivity index (χ3v) is 3.76. The lowest BCUT2D eigenvalue weighted by atomic mass is 10.2. The summed E-state index contributed by atoms with van der Waals surface area (Å²) in [5.74, 6) is -0.848. The van der Waals surface area contributed by atoms with Gasteiger partial charge in [-0.1, -0.05) is 23.9 Å². The van der Waals surface area contributed by atoms with Gasteiger partial charge in [0.1, 0.15) is 0 Å². The Morgan fingerprint density at radius 3 is 2.84 bits per heavy atom. The average molecular weight is 277 g/mol. The molecule has 0 aliphatic carbocycles. The maximum Gasteiger partial charge on any atom is 0.252 e. The van der Waals surface area contributed by atoms with Gasteiger partial charge in [-0.25, -0.2) is 0 Å². The number of aliphatic imine (C=N–C) groups is 1. The summed E-state index contributed by atoms with van der Waals surface area (Å²) in [5, 5.41) is 3.55. The summed E-state index contributed by atoms with van der Waals surface area (Å²) in [5.41, 5.74) is 5.56. The van der Waals surface area contributed by atoms with Crippen molar-refractivity contribution in [2.75, 3.05) is 13.1 Å². The SMILES string of the molecule is NC(=O)CNC(=O)c1ccccc1SC1=NCCC1. The van der Waals surface area contributed by atoms with Crippen molar-refractivity contribution in [3.8, 4) is 0 Å². The van der Waals surface area contributed by atoms with E-state index in [4.69, 9.17) is 5.73 Å². The molecule has 1 aliphatic heterocycles. The minimum atomic E-state index is -0.557. The molecule has 0 radical (unpaired) electrons. The summed E-state index contributed by atoms with van der Waals surface area (Å²) >= 11 is 1.51. The number of thioether (sulfide) groups is 1. The van der Waals surface area contributed by atoms with E-state index in [-0.39, 0.29) is 12.5 Å². The molecule has 6 heteroatoms. The van der Waals surface area contributed by atoms with E-state index in [1.165, 1.54) is 11.8 Å². The molecule has 1 heterocycles. The number of carbonyl (C=O) groups is 2. The number of carbonyl (C=O) groups excluding carboxylic acids is 2. The molecule has 0 bridgehead atoms. The molecule has 1 aromatic carbocycles. The molecule has 19 heavy (non-hydrogen) atoms. The normalized spacial score (nSPS) is 14.0. The Morgan fingerprint density at radius 1 is 1.37 bits per heavy atom. The van der Waals surface area contributed by atoms with Crippen molar-refractivity contribution in [1.29, 1.82) is 0 Å². The van der Waals surface area contributed by atoms with Crippen LogP contribution in [-0.4, -0.2) is 29.9 Å². The number of nitrogens with one attached hydrogen (secondary N) is 1. The predicted octanol–water partition coefficient (Wildman–Crippen LogP) is 1.19. The fourth-order valence-electron chi connectivity index (χ4n) is 1.73. The molecule has 1 aromatic rings. The molecule has 0 saturated heterocycles. The van der Waals surface area contributed by atoms with Gasteiger partial charge in [0.25, 0.3) is 5.91 Å².